The zero-order valence-electron chi connectivity index (χ0n) is 18.1. The average Bonchev–Trinajstić information content (AvgIpc) is 3.19. The lowest BCUT2D eigenvalue weighted by atomic mass is 9.76. The number of carbonyl (C=O) groups is 1. The van der Waals surface area contributed by atoms with E-state index in [9.17, 15) is 13.2 Å². The van der Waals surface area contributed by atoms with Crippen LogP contribution in [-0.4, -0.2) is 68.3 Å². The lowest BCUT2D eigenvalue weighted by Gasteiger charge is -2.41. The van der Waals surface area contributed by atoms with Crippen molar-refractivity contribution in [2.45, 2.75) is 89.5 Å². The summed E-state index contributed by atoms with van der Waals surface area (Å²) in [7, 11) is -3.16. The SMILES string of the molecule is CCS(=O)(=O)NC1CCC(C2=NN(C(C)=O)C(C3CCC4OCCOC4C3)C2)CC1. The maximum atomic E-state index is 12.3. The molecule has 4 atom stereocenters. The van der Waals surface area contributed by atoms with E-state index in [0.29, 0.717) is 25.0 Å². The molecule has 1 amide bonds. The summed E-state index contributed by atoms with van der Waals surface area (Å²) in [6, 6.07) is 0.131. The predicted octanol–water partition coefficient (Wildman–Crippen LogP) is 2.05. The number of nitrogens with zero attached hydrogens (tertiary/aromatic N) is 2. The first-order valence-corrected chi connectivity index (χ1v) is 13.1. The van der Waals surface area contributed by atoms with Crippen molar-refractivity contribution in [2.24, 2.45) is 16.9 Å². The number of carbonyl (C=O) groups excluding carboxylic acids is 1. The predicted molar refractivity (Wildman–Crippen MR) is 114 cm³/mol. The summed E-state index contributed by atoms with van der Waals surface area (Å²) >= 11 is 0. The zero-order valence-corrected chi connectivity index (χ0v) is 18.9. The van der Waals surface area contributed by atoms with E-state index in [1.807, 2.05) is 0 Å². The third-order valence-electron chi connectivity index (χ3n) is 7.28. The number of hydrazone groups is 1. The zero-order chi connectivity index (χ0) is 21.3. The highest BCUT2D eigenvalue weighted by Gasteiger charge is 2.43. The fourth-order valence-corrected chi connectivity index (χ4v) is 6.51. The van der Waals surface area contributed by atoms with E-state index in [-0.39, 0.29) is 36.0 Å². The lowest BCUT2D eigenvalue weighted by molar-refractivity contribution is -0.166. The first-order valence-electron chi connectivity index (χ1n) is 11.5. The molecule has 4 aliphatic rings. The van der Waals surface area contributed by atoms with E-state index < -0.39 is 10.0 Å². The fourth-order valence-electron chi connectivity index (χ4n) is 5.60. The van der Waals surface area contributed by atoms with Gasteiger partial charge in [-0.3, -0.25) is 4.79 Å². The summed E-state index contributed by atoms with van der Waals surface area (Å²) < 4.78 is 38.3. The standard InChI is InChI=1S/C21H35N3O5S/c1-3-30(26,27)23-17-7-4-15(5-8-17)18-13-19(24(22-18)14(2)25)16-6-9-20-21(12-16)29-11-10-28-20/h15-17,19-21,23H,3-13H2,1-2H3. The van der Waals surface area contributed by atoms with Gasteiger partial charge in [-0.1, -0.05) is 0 Å². The summed E-state index contributed by atoms with van der Waals surface area (Å²) in [6.07, 6.45) is 7.59. The van der Waals surface area contributed by atoms with Crippen LogP contribution in [0.3, 0.4) is 0 Å². The molecular weight excluding hydrogens is 406 g/mol. The van der Waals surface area contributed by atoms with Crippen molar-refractivity contribution >= 4 is 21.6 Å². The van der Waals surface area contributed by atoms with Crippen LogP contribution < -0.4 is 4.72 Å². The fraction of sp³-hybridized carbons (Fsp3) is 0.905. The molecule has 0 radical (unpaired) electrons. The topological polar surface area (TPSA) is 97.3 Å². The molecule has 1 saturated heterocycles. The maximum Gasteiger partial charge on any atom is 0.239 e. The monoisotopic (exact) mass is 441 g/mol. The van der Waals surface area contributed by atoms with Crippen molar-refractivity contribution in [1.82, 2.24) is 9.73 Å². The highest BCUT2D eigenvalue weighted by Crippen LogP contribution is 2.39. The van der Waals surface area contributed by atoms with Crippen molar-refractivity contribution in [3.05, 3.63) is 0 Å². The quantitative estimate of drug-likeness (QED) is 0.704. The van der Waals surface area contributed by atoms with Crippen LogP contribution >= 0.6 is 0 Å². The maximum absolute atomic E-state index is 12.3. The van der Waals surface area contributed by atoms with Gasteiger partial charge in [0, 0.05) is 25.1 Å². The van der Waals surface area contributed by atoms with Gasteiger partial charge in [-0.25, -0.2) is 18.1 Å². The highest BCUT2D eigenvalue weighted by molar-refractivity contribution is 7.89. The van der Waals surface area contributed by atoms with E-state index in [0.717, 1.165) is 57.1 Å². The number of sulfonamides is 1. The molecule has 30 heavy (non-hydrogen) atoms. The molecule has 0 aromatic carbocycles. The Morgan fingerprint density at radius 3 is 2.47 bits per heavy atom. The molecule has 0 bridgehead atoms. The number of amides is 1. The Hall–Kier alpha value is -1.03. The summed E-state index contributed by atoms with van der Waals surface area (Å²) in [5, 5.41) is 6.50. The molecule has 2 saturated carbocycles. The Morgan fingerprint density at radius 1 is 1.10 bits per heavy atom. The first-order chi connectivity index (χ1) is 14.4. The van der Waals surface area contributed by atoms with Crippen LogP contribution in [0.4, 0.5) is 0 Å². The van der Waals surface area contributed by atoms with Crippen molar-refractivity contribution < 1.29 is 22.7 Å². The van der Waals surface area contributed by atoms with Crippen LogP contribution in [0.2, 0.25) is 0 Å². The lowest BCUT2D eigenvalue weighted by Crippen LogP contribution is -2.47. The summed E-state index contributed by atoms with van der Waals surface area (Å²) in [5.41, 5.74) is 1.12. The van der Waals surface area contributed by atoms with Crippen LogP contribution in [0, 0.1) is 11.8 Å². The molecular formula is C21H35N3O5S. The second kappa shape index (κ2) is 9.22. The molecule has 8 nitrogen and oxygen atoms in total. The van der Waals surface area contributed by atoms with Crippen LogP contribution in [0.1, 0.15) is 65.2 Å². The third-order valence-corrected chi connectivity index (χ3v) is 8.73. The number of hydrogen-bond acceptors (Lipinski definition) is 6. The van der Waals surface area contributed by atoms with Gasteiger partial charge in [0.05, 0.1) is 37.2 Å². The molecule has 9 heteroatoms. The van der Waals surface area contributed by atoms with Gasteiger partial charge in [-0.15, -0.1) is 0 Å². The van der Waals surface area contributed by atoms with Gasteiger partial charge < -0.3 is 9.47 Å². The number of nitrogens with one attached hydrogen (secondary N) is 1. The van der Waals surface area contributed by atoms with Crippen LogP contribution in [0.5, 0.6) is 0 Å². The van der Waals surface area contributed by atoms with E-state index in [2.05, 4.69) is 4.72 Å². The summed E-state index contributed by atoms with van der Waals surface area (Å²) in [5.74, 6) is 0.838. The minimum absolute atomic E-state index is 0.00216. The van der Waals surface area contributed by atoms with Gasteiger partial charge in [0.25, 0.3) is 0 Å². The van der Waals surface area contributed by atoms with Gasteiger partial charge in [0.2, 0.25) is 15.9 Å². The van der Waals surface area contributed by atoms with Crippen molar-refractivity contribution in [3.8, 4) is 0 Å². The third kappa shape index (κ3) is 4.89. The minimum atomic E-state index is -3.16. The molecule has 2 aliphatic carbocycles. The molecule has 0 aromatic heterocycles. The van der Waals surface area contributed by atoms with Crippen molar-refractivity contribution in [1.29, 1.82) is 0 Å². The molecule has 3 fully saturated rings. The average molecular weight is 442 g/mol. The highest BCUT2D eigenvalue weighted by atomic mass is 32.2. The Kier molecular flexibility index (Phi) is 6.82. The Bertz CT molecular complexity index is 763. The van der Waals surface area contributed by atoms with Crippen LogP contribution in [0.15, 0.2) is 5.10 Å². The van der Waals surface area contributed by atoms with E-state index >= 15 is 0 Å². The van der Waals surface area contributed by atoms with Crippen molar-refractivity contribution in [2.75, 3.05) is 19.0 Å². The minimum Gasteiger partial charge on any atom is -0.373 e. The molecule has 4 unspecified atom stereocenters. The van der Waals surface area contributed by atoms with E-state index in [1.165, 1.54) is 0 Å². The number of ether oxygens (including phenoxy) is 2. The molecule has 2 aliphatic heterocycles. The second-order valence-corrected chi connectivity index (χ2v) is 11.2. The smallest absolute Gasteiger partial charge is 0.239 e. The Labute approximate surface area is 179 Å². The number of fused-ring (bicyclic) bond motifs is 1. The van der Waals surface area contributed by atoms with Crippen LogP contribution in [-0.2, 0) is 24.3 Å². The van der Waals surface area contributed by atoms with Crippen molar-refractivity contribution in [3.63, 3.8) is 0 Å². The molecule has 4 rings (SSSR count). The van der Waals surface area contributed by atoms with Gasteiger partial charge in [-0.05, 0) is 63.7 Å². The second-order valence-electron chi connectivity index (χ2n) is 9.19. The van der Waals surface area contributed by atoms with Gasteiger partial charge in [-0.2, -0.15) is 5.10 Å². The van der Waals surface area contributed by atoms with Gasteiger partial charge in [0.1, 0.15) is 0 Å². The van der Waals surface area contributed by atoms with E-state index in [4.69, 9.17) is 14.6 Å². The first kappa shape index (κ1) is 22.2. The number of rotatable bonds is 5. The summed E-state index contributed by atoms with van der Waals surface area (Å²) in [6.45, 7) is 4.60. The molecule has 0 aromatic rings. The van der Waals surface area contributed by atoms with Crippen LogP contribution in [0.25, 0.3) is 0 Å². The normalized spacial score (nSPS) is 37.5. The molecule has 0 spiro atoms. The molecule has 1 N–H and O–H groups in total. The molecule has 170 valence electrons. The van der Waals surface area contributed by atoms with Gasteiger partial charge in [0.15, 0.2) is 0 Å². The Balaban J connectivity index is 1.36. The summed E-state index contributed by atoms with van der Waals surface area (Å²) in [4.78, 5) is 12.3. The Morgan fingerprint density at radius 2 is 1.80 bits per heavy atom. The van der Waals surface area contributed by atoms with E-state index in [1.54, 1.807) is 18.9 Å². The number of hydrogen-bond donors (Lipinski definition) is 1. The molecule has 2 heterocycles. The van der Waals surface area contributed by atoms with Gasteiger partial charge >= 0.3 is 0 Å². The largest absolute Gasteiger partial charge is 0.373 e.